The van der Waals surface area contributed by atoms with Gasteiger partial charge >= 0.3 is 0 Å². The molecule has 0 radical (unpaired) electrons. The van der Waals surface area contributed by atoms with Crippen LogP contribution >= 0.6 is 0 Å². The summed E-state index contributed by atoms with van der Waals surface area (Å²) in [6.07, 6.45) is 0. The molecule has 0 amide bonds. The normalized spacial score (nSPS) is 18.4. The van der Waals surface area contributed by atoms with Crippen LogP contribution in [0.15, 0.2) is 0 Å². The summed E-state index contributed by atoms with van der Waals surface area (Å²) >= 11 is 0. The number of hydrogen-bond donors (Lipinski definition) is 2. The average Bonchev–Trinajstić information content (AvgIpc) is 1.61. The van der Waals surface area contributed by atoms with Crippen LogP contribution in [0.3, 0.4) is 0 Å². The van der Waals surface area contributed by atoms with Gasteiger partial charge < -0.3 is 5.73 Å². The zero-order valence-electron chi connectivity index (χ0n) is 6.81. The van der Waals surface area contributed by atoms with Crippen LogP contribution in [0.1, 0.15) is 20.8 Å². The Labute approximate surface area is 63.0 Å². The molecule has 0 saturated carbocycles. The van der Waals surface area contributed by atoms with Crippen molar-refractivity contribution >= 4 is 9.73 Å². The second-order valence-corrected chi connectivity index (χ2v) is 6.26. The number of hydrogen-bond acceptors (Lipinski definition) is 3. The summed E-state index contributed by atoms with van der Waals surface area (Å²) < 4.78 is 18.4. The van der Waals surface area contributed by atoms with E-state index in [1.54, 1.807) is 20.8 Å². The van der Waals surface area contributed by atoms with Crippen LogP contribution in [-0.2, 0) is 9.73 Å². The molecule has 3 N–H and O–H groups in total. The fourth-order valence-electron chi connectivity index (χ4n) is 0.472. The smallest absolute Gasteiger partial charge is 0.0503 e. The van der Waals surface area contributed by atoms with E-state index >= 15 is 0 Å². The topological polar surface area (TPSA) is 66.9 Å². The van der Waals surface area contributed by atoms with Crippen molar-refractivity contribution in [3.8, 4) is 0 Å². The maximum Gasteiger partial charge on any atom is 0.0503 e. The molecule has 0 fully saturated rings. The number of nitrogens with one attached hydrogen (secondary N) is 1. The molecule has 0 aliphatic carbocycles. The summed E-state index contributed by atoms with van der Waals surface area (Å²) in [7, 11) is -2.47. The molecule has 0 aliphatic rings. The number of rotatable bonds is 2. The summed E-state index contributed by atoms with van der Waals surface area (Å²) in [6.45, 7) is 5.74. The van der Waals surface area contributed by atoms with Crippen molar-refractivity contribution in [3.05, 3.63) is 0 Å². The summed E-state index contributed by atoms with van der Waals surface area (Å²) in [4.78, 5) is 0. The molecule has 0 rings (SSSR count). The van der Waals surface area contributed by atoms with E-state index in [2.05, 4.69) is 0 Å². The lowest BCUT2D eigenvalue weighted by Gasteiger charge is -2.21. The maximum atomic E-state index is 11.4. The van der Waals surface area contributed by atoms with Crippen molar-refractivity contribution < 1.29 is 4.21 Å². The minimum Gasteiger partial charge on any atom is -0.330 e. The highest BCUT2D eigenvalue weighted by Crippen LogP contribution is 2.15. The van der Waals surface area contributed by atoms with Gasteiger partial charge in [0.15, 0.2) is 0 Å². The fourth-order valence-corrected chi connectivity index (χ4v) is 1.42. The van der Waals surface area contributed by atoms with Crippen molar-refractivity contribution in [2.45, 2.75) is 25.5 Å². The molecule has 3 nitrogen and oxygen atoms in total. The first kappa shape index (κ1) is 9.91. The third-order valence-corrected chi connectivity index (χ3v) is 4.18. The molecule has 4 heteroatoms. The molecule has 0 heterocycles. The first-order valence-electron chi connectivity index (χ1n) is 3.27. The lowest BCUT2D eigenvalue weighted by molar-refractivity contribution is 0.637. The molecule has 0 spiro atoms. The maximum absolute atomic E-state index is 11.4. The summed E-state index contributed by atoms with van der Waals surface area (Å²) in [6, 6.07) is 0. The van der Waals surface area contributed by atoms with E-state index in [1.165, 1.54) is 0 Å². The third-order valence-electron chi connectivity index (χ3n) is 1.39. The van der Waals surface area contributed by atoms with Gasteiger partial charge in [-0.05, 0) is 20.8 Å². The molecule has 1 atom stereocenters. The number of nitrogens with two attached hydrogens (primary N) is 1. The Bertz CT molecular complexity index is 188. The van der Waals surface area contributed by atoms with Gasteiger partial charge in [-0.25, -0.2) is 4.21 Å². The van der Waals surface area contributed by atoms with Gasteiger partial charge in [0.2, 0.25) is 0 Å². The van der Waals surface area contributed by atoms with Gasteiger partial charge in [0.1, 0.15) is 0 Å². The Morgan fingerprint density at radius 1 is 1.50 bits per heavy atom. The van der Waals surface area contributed by atoms with Gasteiger partial charge in [0.25, 0.3) is 0 Å². The molecular weight excluding hydrogens is 148 g/mol. The monoisotopic (exact) mass is 164 g/mol. The van der Waals surface area contributed by atoms with Gasteiger partial charge in [-0.1, -0.05) is 0 Å². The van der Waals surface area contributed by atoms with E-state index in [1.807, 2.05) is 0 Å². The molecule has 0 aromatic heterocycles. The van der Waals surface area contributed by atoms with Crippen LogP contribution in [0.5, 0.6) is 0 Å². The Kier molecular flexibility index (Phi) is 2.86. The SMILES string of the molecule is CC(C)(C)S(=N)(=O)CCN. The first-order valence-corrected chi connectivity index (χ1v) is 5.00. The molecule has 62 valence electrons. The van der Waals surface area contributed by atoms with Crippen LogP contribution in [0.4, 0.5) is 0 Å². The van der Waals surface area contributed by atoms with Gasteiger partial charge in [-0.2, -0.15) is 0 Å². The molecule has 10 heavy (non-hydrogen) atoms. The van der Waals surface area contributed by atoms with Crippen molar-refractivity contribution in [1.82, 2.24) is 0 Å². The lowest BCUT2D eigenvalue weighted by Crippen LogP contribution is -2.31. The van der Waals surface area contributed by atoms with Gasteiger partial charge in [0.05, 0.1) is 9.73 Å². The van der Waals surface area contributed by atoms with E-state index in [9.17, 15) is 4.21 Å². The molecule has 0 saturated heterocycles. The summed E-state index contributed by atoms with van der Waals surface area (Å²) in [5.41, 5.74) is 5.21. The summed E-state index contributed by atoms with van der Waals surface area (Å²) in [5.74, 6) is 0.302. The molecule has 0 aromatic carbocycles. The van der Waals surface area contributed by atoms with Crippen LogP contribution in [0.25, 0.3) is 0 Å². The van der Waals surface area contributed by atoms with E-state index < -0.39 is 14.5 Å². The largest absolute Gasteiger partial charge is 0.330 e. The van der Waals surface area contributed by atoms with Gasteiger partial charge in [-0.15, -0.1) is 0 Å². The molecule has 0 aromatic rings. The Balaban J connectivity index is 4.44. The quantitative estimate of drug-likeness (QED) is 0.633. The Morgan fingerprint density at radius 3 is 2.00 bits per heavy atom. The second kappa shape index (κ2) is 2.88. The summed E-state index contributed by atoms with van der Waals surface area (Å²) in [5, 5.41) is 0. The second-order valence-electron chi connectivity index (χ2n) is 3.28. The van der Waals surface area contributed by atoms with Crippen LogP contribution < -0.4 is 5.73 Å². The fraction of sp³-hybridized carbons (Fsp3) is 1.00. The molecule has 0 aliphatic heterocycles. The van der Waals surface area contributed by atoms with Gasteiger partial charge in [-0.3, -0.25) is 4.78 Å². The van der Waals surface area contributed by atoms with Crippen LogP contribution in [0, 0.1) is 4.78 Å². The highest BCUT2D eigenvalue weighted by Gasteiger charge is 2.23. The Morgan fingerprint density at radius 2 is 1.90 bits per heavy atom. The third kappa shape index (κ3) is 2.27. The van der Waals surface area contributed by atoms with Gasteiger partial charge in [0, 0.05) is 17.0 Å². The molecule has 1 unspecified atom stereocenters. The zero-order chi connectivity index (χ0) is 8.41. The average molecular weight is 164 g/mol. The van der Waals surface area contributed by atoms with E-state index in [0.717, 1.165) is 0 Å². The predicted octanol–water partition coefficient (Wildman–Crippen LogP) is 0.790. The van der Waals surface area contributed by atoms with E-state index in [4.69, 9.17) is 10.5 Å². The predicted molar refractivity (Wildman–Crippen MR) is 44.5 cm³/mol. The molecule has 0 bridgehead atoms. The van der Waals surface area contributed by atoms with E-state index in [-0.39, 0.29) is 0 Å². The first-order chi connectivity index (χ1) is 4.31. The van der Waals surface area contributed by atoms with Crippen molar-refractivity contribution in [2.75, 3.05) is 12.3 Å². The van der Waals surface area contributed by atoms with E-state index in [0.29, 0.717) is 12.3 Å². The van der Waals surface area contributed by atoms with Crippen molar-refractivity contribution in [2.24, 2.45) is 5.73 Å². The minimum atomic E-state index is -2.47. The lowest BCUT2D eigenvalue weighted by atomic mass is 10.3. The highest BCUT2D eigenvalue weighted by atomic mass is 32.2. The van der Waals surface area contributed by atoms with Crippen molar-refractivity contribution in [1.29, 1.82) is 4.78 Å². The Hall–Kier alpha value is -0.0900. The zero-order valence-corrected chi connectivity index (χ0v) is 7.62. The highest BCUT2D eigenvalue weighted by molar-refractivity contribution is 7.93. The van der Waals surface area contributed by atoms with Crippen LogP contribution in [0.2, 0.25) is 0 Å². The van der Waals surface area contributed by atoms with Crippen molar-refractivity contribution in [3.63, 3.8) is 0 Å². The van der Waals surface area contributed by atoms with Crippen LogP contribution in [-0.4, -0.2) is 21.3 Å². The molecular formula is C6H16N2OS. The minimum absolute atomic E-state index is 0.302. The standard InChI is InChI=1S/C6H16N2OS/c1-6(2,3)10(8,9)5-4-7/h8H,4-5,7H2,1-3H3.